The molecule has 0 spiro atoms. The molecule has 3 rings (SSSR count). The van der Waals surface area contributed by atoms with Gasteiger partial charge in [-0.1, -0.05) is 23.8 Å². The average Bonchev–Trinajstić information content (AvgIpc) is 3.01. The Kier molecular flexibility index (Phi) is 3.38. The lowest BCUT2D eigenvalue weighted by atomic mass is 10.0. The van der Waals surface area contributed by atoms with Crippen molar-refractivity contribution in [3.8, 4) is 11.1 Å². The Balaban J connectivity index is 1.80. The highest BCUT2D eigenvalue weighted by Gasteiger charge is 2.15. The molecule has 3 nitrogen and oxygen atoms in total. The van der Waals surface area contributed by atoms with Gasteiger partial charge in [0.1, 0.15) is 0 Å². The predicted octanol–water partition coefficient (Wildman–Crippen LogP) is 2.78. The van der Waals surface area contributed by atoms with E-state index in [-0.39, 0.29) is 0 Å². The van der Waals surface area contributed by atoms with Crippen LogP contribution < -0.4 is 5.32 Å². The van der Waals surface area contributed by atoms with Gasteiger partial charge >= 0.3 is 0 Å². The molecule has 0 bridgehead atoms. The summed E-state index contributed by atoms with van der Waals surface area (Å²) in [6.07, 6.45) is 5.43. The second-order valence-corrected chi connectivity index (χ2v) is 5.63. The van der Waals surface area contributed by atoms with E-state index in [0.717, 1.165) is 25.6 Å². The molecule has 0 saturated carbocycles. The third-order valence-corrected chi connectivity index (χ3v) is 3.93. The Morgan fingerprint density at radius 1 is 1.37 bits per heavy atom. The molecule has 1 aliphatic heterocycles. The molecule has 2 heterocycles. The van der Waals surface area contributed by atoms with Crippen LogP contribution in [0.2, 0.25) is 0 Å². The Labute approximate surface area is 114 Å². The summed E-state index contributed by atoms with van der Waals surface area (Å²) in [6.45, 7) is 7.60. The van der Waals surface area contributed by atoms with Crippen molar-refractivity contribution in [1.29, 1.82) is 0 Å². The van der Waals surface area contributed by atoms with Gasteiger partial charge in [-0.15, -0.1) is 0 Å². The second-order valence-electron chi connectivity index (χ2n) is 5.63. The maximum atomic E-state index is 4.51. The van der Waals surface area contributed by atoms with Gasteiger partial charge in [0.25, 0.3) is 0 Å². The van der Waals surface area contributed by atoms with Crippen molar-refractivity contribution in [3.63, 3.8) is 0 Å². The molecule has 1 saturated heterocycles. The number of aromatic nitrogens is 2. The number of nitrogens with zero attached hydrogens (tertiary/aromatic N) is 2. The average molecular weight is 255 g/mol. The van der Waals surface area contributed by atoms with Crippen LogP contribution in [0.4, 0.5) is 0 Å². The largest absolute Gasteiger partial charge is 0.316 e. The van der Waals surface area contributed by atoms with Crippen LogP contribution in [0, 0.1) is 19.8 Å². The minimum Gasteiger partial charge on any atom is -0.316 e. The molecule has 1 aromatic carbocycles. The van der Waals surface area contributed by atoms with Crippen LogP contribution >= 0.6 is 0 Å². The van der Waals surface area contributed by atoms with Crippen molar-refractivity contribution in [2.24, 2.45) is 5.92 Å². The lowest BCUT2D eigenvalue weighted by Gasteiger charge is -2.07. The number of nitrogens with one attached hydrogen (secondary N) is 1. The van der Waals surface area contributed by atoms with E-state index < -0.39 is 0 Å². The summed E-state index contributed by atoms with van der Waals surface area (Å²) in [5, 5.41) is 7.91. The van der Waals surface area contributed by atoms with Gasteiger partial charge in [0.05, 0.1) is 6.20 Å². The summed E-state index contributed by atoms with van der Waals surface area (Å²) >= 11 is 0. The maximum Gasteiger partial charge on any atom is 0.0568 e. The minimum atomic E-state index is 0.729. The van der Waals surface area contributed by atoms with Crippen molar-refractivity contribution < 1.29 is 0 Å². The third kappa shape index (κ3) is 2.71. The van der Waals surface area contributed by atoms with Crippen LogP contribution in [0.3, 0.4) is 0 Å². The van der Waals surface area contributed by atoms with Crippen molar-refractivity contribution in [1.82, 2.24) is 15.1 Å². The van der Waals surface area contributed by atoms with Crippen LogP contribution in [0.15, 0.2) is 30.6 Å². The molecule has 3 heteroatoms. The number of benzene rings is 1. The van der Waals surface area contributed by atoms with Gasteiger partial charge in [-0.2, -0.15) is 5.10 Å². The second kappa shape index (κ2) is 5.17. The lowest BCUT2D eigenvalue weighted by molar-refractivity contribution is 0.449. The fraction of sp³-hybridized carbons (Fsp3) is 0.438. The Hall–Kier alpha value is -1.61. The quantitative estimate of drug-likeness (QED) is 0.914. The number of hydrogen-bond acceptors (Lipinski definition) is 2. The molecule has 19 heavy (non-hydrogen) atoms. The molecule has 1 fully saturated rings. The summed E-state index contributed by atoms with van der Waals surface area (Å²) in [4.78, 5) is 0. The van der Waals surface area contributed by atoms with Gasteiger partial charge in [-0.05, 0) is 50.4 Å². The van der Waals surface area contributed by atoms with Crippen LogP contribution in [-0.2, 0) is 6.54 Å². The van der Waals surface area contributed by atoms with E-state index >= 15 is 0 Å². The van der Waals surface area contributed by atoms with Crippen LogP contribution in [0.1, 0.15) is 17.5 Å². The number of aryl methyl sites for hydroxylation is 2. The fourth-order valence-electron chi connectivity index (χ4n) is 2.87. The zero-order valence-electron chi connectivity index (χ0n) is 11.7. The highest BCUT2D eigenvalue weighted by molar-refractivity contribution is 5.66. The first-order chi connectivity index (χ1) is 9.22. The molecule has 0 radical (unpaired) electrons. The van der Waals surface area contributed by atoms with Crippen molar-refractivity contribution >= 4 is 0 Å². The monoisotopic (exact) mass is 255 g/mol. The molecule has 1 aliphatic rings. The number of rotatable bonds is 3. The molecular formula is C16H21N3. The topological polar surface area (TPSA) is 29.9 Å². The van der Waals surface area contributed by atoms with Crippen LogP contribution in [-0.4, -0.2) is 22.9 Å². The first-order valence-electron chi connectivity index (χ1n) is 7.03. The smallest absolute Gasteiger partial charge is 0.0568 e. The van der Waals surface area contributed by atoms with E-state index in [1.807, 2.05) is 6.20 Å². The van der Waals surface area contributed by atoms with E-state index in [0.29, 0.717) is 0 Å². The zero-order valence-corrected chi connectivity index (χ0v) is 11.7. The molecular weight excluding hydrogens is 234 g/mol. The summed E-state index contributed by atoms with van der Waals surface area (Å²) < 4.78 is 2.09. The van der Waals surface area contributed by atoms with Gasteiger partial charge in [0.15, 0.2) is 0 Å². The maximum absolute atomic E-state index is 4.51. The highest BCUT2D eigenvalue weighted by atomic mass is 15.3. The highest BCUT2D eigenvalue weighted by Crippen LogP contribution is 2.24. The van der Waals surface area contributed by atoms with E-state index in [4.69, 9.17) is 0 Å². The zero-order chi connectivity index (χ0) is 13.2. The Bertz CT molecular complexity index is 565. The van der Waals surface area contributed by atoms with Crippen molar-refractivity contribution in [2.75, 3.05) is 13.1 Å². The molecule has 1 aromatic heterocycles. The van der Waals surface area contributed by atoms with Gasteiger partial charge in [0, 0.05) is 18.3 Å². The van der Waals surface area contributed by atoms with Gasteiger partial charge < -0.3 is 5.32 Å². The molecule has 100 valence electrons. The molecule has 1 unspecified atom stereocenters. The van der Waals surface area contributed by atoms with Crippen LogP contribution in [0.5, 0.6) is 0 Å². The number of hydrogen-bond donors (Lipinski definition) is 1. The van der Waals surface area contributed by atoms with E-state index in [1.165, 1.54) is 28.7 Å². The Morgan fingerprint density at radius 2 is 2.26 bits per heavy atom. The molecule has 0 amide bonds. The van der Waals surface area contributed by atoms with Crippen molar-refractivity contribution in [2.45, 2.75) is 26.8 Å². The predicted molar refractivity (Wildman–Crippen MR) is 78.1 cm³/mol. The molecule has 2 aromatic rings. The van der Waals surface area contributed by atoms with Crippen molar-refractivity contribution in [3.05, 3.63) is 41.7 Å². The SMILES string of the molecule is Cc1ccc(-c2cnn(CC3CCNC3)c2)c(C)c1. The van der Waals surface area contributed by atoms with Gasteiger partial charge in [-0.25, -0.2) is 0 Å². The molecule has 1 atom stereocenters. The summed E-state index contributed by atoms with van der Waals surface area (Å²) in [7, 11) is 0. The Morgan fingerprint density at radius 3 is 3.00 bits per heavy atom. The van der Waals surface area contributed by atoms with Gasteiger partial charge in [-0.3, -0.25) is 4.68 Å². The van der Waals surface area contributed by atoms with Gasteiger partial charge in [0.2, 0.25) is 0 Å². The standard InChI is InChI=1S/C16H21N3/c1-12-3-4-16(13(2)7-12)15-9-18-19(11-15)10-14-5-6-17-8-14/h3-4,7,9,11,14,17H,5-6,8,10H2,1-2H3. The normalized spacial score (nSPS) is 18.9. The summed E-state index contributed by atoms with van der Waals surface area (Å²) in [6, 6.07) is 6.59. The summed E-state index contributed by atoms with van der Waals surface area (Å²) in [5.41, 5.74) is 5.15. The first kappa shape index (κ1) is 12.4. The van der Waals surface area contributed by atoms with E-state index in [1.54, 1.807) is 0 Å². The molecule has 0 aliphatic carbocycles. The van der Waals surface area contributed by atoms with Crippen LogP contribution in [0.25, 0.3) is 11.1 Å². The molecule has 1 N–H and O–H groups in total. The van der Waals surface area contributed by atoms with E-state index in [2.05, 4.69) is 53.3 Å². The minimum absolute atomic E-state index is 0.729. The summed E-state index contributed by atoms with van der Waals surface area (Å²) in [5.74, 6) is 0.729. The lowest BCUT2D eigenvalue weighted by Crippen LogP contribution is -2.14. The first-order valence-corrected chi connectivity index (χ1v) is 7.03. The third-order valence-electron chi connectivity index (χ3n) is 3.93. The van der Waals surface area contributed by atoms with E-state index in [9.17, 15) is 0 Å². The fourth-order valence-corrected chi connectivity index (χ4v) is 2.87.